The number of rotatable bonds is 2. The van der Waals surface area contributed by atoms with Crippen molar-refractivity contribution >= 4 is 5.91 Å². The number of aromatic nitrogens is 2. The zero-order valence-electron chi connectivity index (χ0n) is 9.19. The van der Waals surface area contributed by atoms with Gasteiger partial charge in [0.15, 0.2) is 0 Å². The van der Waals surface area contributed by atoms with Crippen LogP contribution in [0.5, 0.6) is 0 Å². The van der Waals surface area contributed by atoms with Gasteiger partial charge in [-0.15, -0.1) is 0 Å². The number of hydrogen-bond donors (Lipinski definition) is 1. The van der Waals surface area contributed by atoms with Crippen LogP contribution in [0.4, 0.5) is 0 Å². The Hall–Kier alpha value is -1.16. The summed E-state index contributed by atoms with van der Waals surface area (Å²) in [5.74, 6) is -0.345. The van der Waals surface area contributed by atoms with Crippen molar-refractivity contribution in [3.05, 3.63) is 18.7 Å². The average molecular weight is 198 g/mol. The highest BCUT2D eigenvalue weighted by Crippen LogP contribution is 2.11. The lowest BCUT2D eigenvalue weighted by molar-refractivity contribution is 0.0296. The molecule has 1 rings (SSSR count). The molecule has 1 atom stereocenters. The lowest BCUT2D eigenvalue weighted by atomic mass is 10.0. The molecule has 0 saturated carbocycles. The van der Waals surface area contributed by atoms with E-state index in [0.29, 0.717) is 6.42 Å². The number of carbonyl (C=O) groups excluding carboxylic acids is 1. The van der Waals surface area contributed by atoms with E-state index in [0.717, 1.165) is 0 Å². The minimum atomic E-state index is -1.29. The third kappa shape index (κ3) is 2.96. The van der Waals surface area contributed by atoms with Gasteiger partial charge in [-0.3, -0.25) is 9.36 Å². The highest BCUT2D eigenvalue weighted by molar-refractivity contribution is 5.86. The minimum absolute atomic E-state index is 0.345. The fourth-order valence-corrected chi connectivity index (χ4v) is 0.809. The van der Waals surface area contributed by atoms with Crippen LogP contribution in [0.3, 0.4) is 0 Å². The second kappa shape index (κ2) is 5.54. The quantitative estimate of drug-likeness (QED) is 0.787. The summed E-state index contributed by atoms with van der Waals surface area (Å²) < 4.78 is 1.28. The minimum Gasteiger partial charge on any atom is -0.380 e. The van der Waals surface area contributed by atoms with Gasteiger partial charge in [-0.05, 0) is 13.3 Å². The van der Waals surface area contributed by atoms with Gasteiger partial charge in [0, 0.05) is 12.4 Å². The van der Waals surface area contributed by atoms with Crippen molar-refractivity contribution in [2.24, 2.45) is 0 Å². The van der Waals surface area contributed by atoms with Gasteiger partial charge < -0.3 is 5.11 Å². The van der Waals surface area contributed by atoms with E-state index < -0.39 is 5.60 Å². The van der Waals surface area contributed by atoms with Crippen LogP contribution in [0, 0.1) is 0 Å². The molecule has 0 spiro atoms. The maximum atomic E-state index is 11.4. The Balaban J connectivity index is 0.000000791. The van der Waals surface area contributed by atoms with Gasteiger partial charge >= 0.3 is 0 Å². The Kier molecular flexibility index (Phi) is 5.09. The molecule has 0 aromatic carbocycles. The molecule has 14 heavy (non-hydrogen) atoms. The number of imidazole rings is 1. The van der Waals surface area contributed by atoms with Crippen LogP contribution >= 0.6 is 0 Å². The predicted octanol–water partition coefficient (Wildman–Crippen LogP) is 1.71. The van der Waals surface area contributed by atoms with Crippen molar-refractivity contribution in [2.75, 3.05) is 0 Å². The molecule has 0 aliphatic heterocycles. The van der Waals surface area contributed by atoms with Crippen LogP contribution in [-0.2, 0) is 0 Å². The lowest BCUT2D eigenvalue weighted by Gasteiger charge is -2.18. The smallest absolute Gasteiger partial charge is 0.263 e. The van der Waals surface area contributed by atoms with Gasteiger partial charge in [-0.1, -0.05) is 20.8 Å². The van der Waals surface area contributed by atoms with E-state index in [-0.39, 0.29) is 5.91 Å². The van der Waals surface area contributed by atoms with E-state index in [4.69, 9.17) is 0 Å². The molecule has 1 aromatic heterocycles. The molecule has 0 bridgehead atoms. The van der Waals surface area contributed by atoms with Crippen LogP contribution in [0.1, 0.15) is 38.9 Å². The summed E-state index contributed by atoms with van der Waals surface area (Å²) in [7, 11) is 0. The monoisotopic (exact) mass is 198 g/mol. The zero-order valence-corrected chi connectivity index (χ0v) is 9.19. The second-order valence-corrected chi connectivity index (χ2v) is 2.90. The summed E-state index contributed by atoms with van der Waals surface area (Å²) in [5.41, 5.74) is -1.29. The first-order valence-corrected chi connectivity index (χ1v) is 4.83. The van der Waals surface area contributed by atoms with Crippen molar-refractivity contribution in [1.29, 1.82) is 0 Å². The fraction of sp³-hybridized carbons (Fsp3) is 0.600. The number of hydrogen-bond acceptors (Lipinski definition) is 3. The van der Waals surface area contributed by atoms with Gasteiger partial charge in [0.2, 0.25) is 0 Å². The molecule has 1 unspecified atom stereocenters. The molecule has 1 N–H and O–H groups in total. The SMILES string of the molecule is CC.CCC(C)(O)C(=O)n1ccnc1. The summed E-state index contributed by atoms with van der Waals surface area (Å²) >= 11 is 0. The number of aliphatic hydroxyl groups is 1. The molecule has 0 fully saturated rings. The summed E-state index contributed by atoms with van der Waals surface area (Å²) in [5, 5.41) is 9.57. The Morgan fingerprint density at radius 3 is 2.50 bits per heavy atom. The second-order valence-electron chi connectivity index (χ2n) is 2.90. The van der Waals surface area contributed by atoms with Crippen molar-refractivity contribution in [3.63, 3.8) is 0 Å². The molecule has 4 nitrogen and oxygen atoms in total. The largest absolute Gasteiger partial charge is 0.380 e. The Labute approximate surface area is 84.6 Å². The average Bonchev–Trinajstić information content (AvgIpc) is 2.72. The van der Waals surface area contributed by atoms with Crippen molar-refractivity contribution < 1.29 is 9.90 Å². The number of carbonyl (C=O) groups is 1. The summed E-state index contributed by atoms with van der Waals surface area (Å²) in [6, 6.07) is 0. The molecule has 0 radical (unpaired) electrons. The predicted molar refractivity (Wildman–Crippen MR) is 55.1 cm³/mol. The highest BCUT2D eigenvalue weighted by atomic mass is 16.3. The first-order chi connectivity index (χ1) is 6.58. The standard InChI is InChI=1S/C8H12N2O2.C2H6/c1-3-8(2,12)7(11)10-5-4-9-6-10;1-2/h4-6,12H,3H2,1-2H3;1-2H3. The zero-order chi connectivity index (χ0) is 11.2. The Bertz CT molecular complexity index is 266. The summed E-state index contributed by atoms with van der Waals surface area (Å²) in [6.07, 6.45) is 4.80. The van der Waals surface area contributed by atoms with Gasteiger partial charge in [-0.2, -0.15) is 0 Å². The van der Waals surface area contributed by atoms with E-state index in [2.05, 4.69) is 4.98 Å². The lowest BCUT2D eigenvalue weighted by Crippen LogP contribution is -2.37. The van der Waals surface area contributed by atoms with Crippen molar-refractivity contribution in [1.82, 2.24) is 9.55 Å². The molecule has 0 aliphatic carbocycles. The van der Waals surface area contributed by atoms with Gasteiger partial charge in [-0.25, -0.2) is 4.98 Å². The highest BCUT2D eigenvalue weighted by Gasteiger charge is 2.28. The molecule has 1 aromatic rings. The summed E-state index contributed by atoms with van der Waals surface area (Å²) in [4.78, 5) is 15.2. The van der Waals surface area contributed by atoms with Crippen LogP contribution in [0.2, 0.25) is 0 Å². The molecular weight excluding hydrogens is 180 g/mol. The third-order valence-electron chi connectivity index (χ3n) is 1.89. The molecule has 0 aliphatic rings. The van der Waals surface area contributed by atoms with Crippen molar-refractivity contribution in [2.45, 2.75) is 39.7 Å². The van der Waals surface area contributed by atoms with Gasteiger partial charge in [0.05, 0.1) is 0 Å². The molecule has 0 amide bonds. The van der Waals surface area contributed by atoms with E-state index >= 15 is 0 Å². The van der Waals surface area contributed by atoms with Crippen LogP contribution in [-0.4, -0.2) is 26.2 Å². The van der Waals surface area contributed by atoms with E-state index in [9.17, 15) is 9.90 Å². The molecular formula is C10H18N2O2. The maximum absolute atomic E-state index is 11.4. The topological polar surface area (TPSA) is 55.1 Å². The third-order valence-corrected chi connectivity index (χ3v) is 1.89. The van der Waals surface area contributed by atoms with Crippen molar-refractivity contribution in [3.8, 4) is 0 Å². The Morgan fingerprint density at radius 2 is 2.14 bits per heavy atom. The first-order valence-electron chi connectivity index (χ1n) is 4.83. The van der Waals surface area contributed by atoms with Crippen LogP contribution in [0.25, 0.3) is 0 Å². The number of nitrogens with zero attached hydrogens (tertiary/aromatic N) is 2. The van der Waals surface area contributed by atoms with Gasteiger partial charge in [0.1, 0.15) is 11.9 Å². The van der Waals surface area contributed by atoms with E-state index in [1.807, 2.05) is 13.8 Å². The molecule has 4 heteroatoms. The van der Waals surface area contributed by atoms with Crippen LogP contribution in [0.15, 0.2) is 18.7 Å². The van der Waals surface area contributed by atoms with Crippen LogP contribution < -0.4 is 0 Å². The van der Waals surface area contributed by atoms with E-state index in [1.165, 1.54) is 30.2 Å². The first kappa shape index (κ1) is 12.8. The Morgan fingerprint density at radius 1 is 1.57 bits per heavy atom. The molecule has 0 saturated heterocycles. The maximum Gasteiger partial charge on any atom is 0.263 e. The molecule has 80 valence electrons. The molecule has 1 heterocycles. The van der Waals surface area contributed by atoms with E-state index in [1.54, 1.807) is 6.92 Å². The summed E-state index contributed by atoms with van der Waals surface area (Å²) in [6.45, 7) is 7.25. The van der Waals surface area contributed by atoms with Gasteiger partial charge in [0.25, 0.3) is 5.91 Å². The normalized spacial score (nSPS) is 13.8. The fourth-order valence-electron chi connectivity index (χ4n) is 0.809.